The normalized spacial score (nSPS) is 33.5. The van der Waals surface area contributed by atoms with Crippen molar-refractivity contribution >= 4 is 10.1 Å². The summed E-state index contributed by atoms with van der Waals surface area (Å²) in [6.07, 6.45) is 0. The Morgan fingerprint density at radius 2 is 1.92 bits per heavy atom. The lowest BCUT2D eigenvalue weighted by Crippen LogP contribution is -2.37. The van der Waals surface area contributed by atoms with Crippen molar-refractivity contribution < 1.29 is 17.5 Å². The molecule has 0 aromatic heterocycles. The van der Waals surface area contributed by atoms with Crippen LogP contribution >= 0.6 is 0 Å². The fourth-order valence-corrected chi connectivity index (χ4v) is 3.28. The molecular formula is C8H18NO3S+. The highest BCUT2D eigenvalue weighted by Crippen LogP contribution is 2.27. The summed E-state index contributed by atoms with van der Waals surface area (Å²) in [5, 5.41) is 0. The first-order chi connectivity index (χ1) is 5.70. The van der Waals surface area contributed by atoms with Crippen molar-refractivity contribution in [1.82, 2.24) is 0 Å². The Labute approximate surface area is 79.9 Å². The van der Waals surface area contributed by atoms with E-state index in [1.165, 1.54) is 0 Å². The maximum Gasteiger partial charge on any atom is 0.265 e. The van der Waals surface area contributed by atoms with Gasteiger partial charge in [0.25, 0.3) is 10.1 Å². The molecule has 1 saturated heterocycles. The predicted molar refractivity (Wildman–Crippen MR) is 50.9 cm³/mol. The molecule has 0 bridgehead atoms. The van der Waals surface area contributed by atoms with E-state index in [9.17, 15) is 8.42 Å². The molecule has 1 rings (SSSR count). The molecular weight excluding hydrogens is 190 g/mol. The van der Waals surface area contributed by atoms with Gasteiger partial charge in [0.1, 0.15) is 0 Å². The smallest absolute Gasteiger partial charge is 0.265 e. The SMILES string of the molecule is CC1C[N+](C)(C)CC1CS(=O)(=O)O. The van der Waals surface area contributed by atoms with Crippen molar-refractivity contribution in [2.75, 3.05) is 32.9 Å². The van der Waals surface area contributed by atoms with Crippen LogP contribution in [0.5, 0.6) is 0 Å². The molecule has 2 unspecified atom stereocenters. The minimum absolute atomic E-state index is 0.0875. The van der Waals surface area contributed by atoms with E-state index in [4.69, 9.17) is 4.55 Å². The lowest BCUT2D eigenvalue weighted by atomic mass is 10.0. The number of nitrogens with zero attached hydrogens (tertiary/aromatic N) is 1. The summed E-state index contributed by atoms with van der Waals surface area (Å²) in [5.41, 5.74) is 0. The van der Waals surface area contributed by atoms with Crippen LogP contribution in [0.2, 0.25) is 0 Å². The maximum absolute atomic E-state index is 10.7. The molecule has 1 N–H and O–H groups in total. The molecule has 0 aliphatic carbocycles. The number of rotatable bonds is 2. The molecule has 0 radical (unpaired) electrons. The number of hydrogen-bond acceptors (Lipinski definition) is 2. The first kappa shape index (κ1) is 10.9. The van der Waals surface area contributed by atoms with Crippen molar-refractivity contribution in [3.05, 3.63) is 0 Å². The van der Waals surface area contributed by atoms with Crippen LogP contribution in [0.4, 0.5) is 0 Å². The summed E-state index contributed by atoms with van der Waals surface area (Å²) in [7, 11) is 0.367. The van der Waals surface area contributed by atoms with Gasteiger partial charge in [0.2, 0.25) is 0 Å². The summed E-state index contributed by atoms with van der Waals surface area (Å²) in [5.74, 6) is 0.387. The molecule has 1 fully saturated rings. The lowest BCUT2D eigenvalue weighted by Gasteiger charge is -2.23. The second kappa shape index (κ2) is 3.22. The van der Waals surface area contributed by atoms with E-state index in [1.54, 1.807) is 0 Å². The van der Waals surface area contributed by atoms with Crippen LogP contribution in [0, 0.1) is 11.8 Å². The van der Waals surface area contributed by atoms with Gasteiger partial charge in [0.15, 0.2) is 0 Å². The Bertz CT molecular complexity index is 284. The fourth-order valence-electron chi connectivity index (χ4n) is 2.31. The highest BCUT2D eigenvalue weighted by molar-refractivity contribution is 7.85. The molecule has 0 spiro atoms. The Morgan fingerprint density at radius 3 is 2.23 bits per heavy atom. The van der Waals surface area contributed by atoms with Gasteiger partial charge in [-0.15, -0.1) is 0 Å². The van der Waals surface area contributed by atoms with Gasteiger partial charge in [0.05, 0.1) is 32.9 Å². The molecule has 2 atom stereocenters. The molecule has 13 heavy (non-hydrogen) atoms. The lowest BCUT2D eigenvalue weighted by molar-refractivity contribution is -0.880. The highest BCUT2D eigenvalue weighted by atomic mass is 32.2. The van der Waals surface area contributed by atoms with E-state index in [-0.39, 0.29) is 11.7 Å². The van der Waals surface area contributed by atoms with Crippen LogP contribution in [0.25, 0.3) is 0 Å². The van der Waals surface area contributed by atoms with Gasteiger partial charge in [-0.3, -0.25) is 4.55 Å². The zero-order valence-electron chi connectivity index (χ0n) is 8.40. The van der Waals surface area contributed by atoms with Crippen molar-refractivity contribution in [2.45, 2.75) is 6.92 Å². The highest BCUT2D eigenvalue weighted by Gasteiger charge is 2.39. The molecule has 0 amide bonds. The van der Waals surface area contributed by atoms with Crippen LogP contribution in [0.1, 0.15) is 6.92 Å². The van der Waals surface area contributed by atoms with Gasteiger partial charge in [-0.05, 0) is 0 Å². The molecule has 0 aromatic carbocycles. The quantitative estimate of drug-likeness (QED) is 0.521. The van der Waals surface area contributed by atoms with Crippen LogP contribution in [0.15, 0.2) is 0 Å². The van der Waals surface area contributed by atoms with E-state index in [0.717, 1.165) is 17.6 Å². The number of quaternary nitrogens is 1. The first-order valence-corrected chi connectivity index (χ1v) is 6.08. The third-order valence-corrected chi connectivity index (χ3v) is 3.59. The summed E-state index contributed by atoms with van der Waals surface area (Å²) in [6, 6.07) is 0. The summed E-state index contributed by atoms with van der Waals surface area (Å²) in [6.45, 7) is 3.87. The Kier molecular flexibility index (Phi) is 2.71. The average molecular weight is 208 g/mol. The van der Waals surface area contributed by atoms with Crippen LogP contribution in [0.3, 0.4) is 0 Å². The monoisotopic (exact) mass is 208 g/mol. The molecule has 4 nitrogen and oxygen atoms in total. The van der Waals surface area contributed by atoms with Crippen LogP contribution in [-0.4, -0.2) is 50.4 Å². The molecule has 1 heterocycles. The van der Waals surface area contributed by atoms with Gasteiger partial charge in [-0.2, -0.15) is 8.42 Å². The standard InChI is InChI=1S/C8H17NO3S/c1-7-4-9(2,3)5-8(7)6-13(10,11)12/h7-8H,4-6H2,1-3H3/p+1. The predicted octanol–water partition coefficient (Wildman–Crippen LogP) is 0.216. The minimum Gasteiger partial charge on any atom is -0.328 e. The van der Waals surface area contributed by atoms with Crippen molar-refractivity contribution in [1.29, 1.82) is 0 Å². The van der Waals surface area contributed by atoms with E-state index in [1.807, 2.05) is 6.92 Å². The van der Waals surface area contributed by atoms with Gasteiger partial charge in [-0.1, -0.05) is 6.92 Å². The second-order valence-electron chi connectivity index (χ2n) is 4.79. The summed E-state index contributed by atoms with van der Waals surface area (Å²) < 4.78 is 31.0. The zero-order chi connectivity index (χ0) is 10.3. The van der Waals surface area contributed by atoms with Gasteiger partial charge >= 0.3 is 0 Å². The molecule has 5 heteroatoms. The summed E-state index contributed by atoms with van der Waals surface area (Å²) >= 11 is 0. The number of hydrogen-bond donors (Lipinski definition) is 1. The van der Waals surface area contributed by atoms with Crippen LogP contribution < -0.4 is 0 Å². The van der Waals surface area contributed by atoms with Crippen molar-refractivity contribution in [2.24, 2.45) is 11.8 Å². The minimum atomic E-state index is -3.80. The van der Waals surface area contributed by atoms with E-state index < -0.39 is 10.1 Å². The largest absolute Gasteiger partial charge is 0.328 e. The van der Waals surface area contributed by atoms with Gasteiger partial charge < -0.3 is 4.48 Å². The zero-order valence-corrected chi connectivity index (χ0v) is 9.21. The van der Waals surface area contributed by atoms with Crippen molar-refractivity contribution in [3.8, 4) is 0 Å². The van der Waals surface area contributed by atoms with E-state index >= 15 is 0 Å². The topological polar surface area (TPSA) is 54.4 Å². The molecule has 0 saturated carbocycles. The second-order valence-corrected chi connectivity index (χ2v) is 6.28. The van der Waals surface area contributed by atoms with Crippen LogP contribution in [-0.2, 0) is 10.1 Å². The molecule has 1 aliphatic rings. The van der Waals surface area contributed by atoms with E-state index in [0.29, 0.717) is 5.92 Å². The number of likely N-dealkylation sites (tertiary alicyclic amines) is 1. The summed E-state index contributed by atoms with van der Waals surface area (Å²) in [4.78, 5) is 0. The Morgan fingerprint density at radius 1 is 1.38 bits per heavy atom. The third kappa shape index (κ3) is 3.25. The van der Waals surface area contributed by atoms with E-state index in [2.05, 4.69) is 14.1 Å². The Balaban J connectivity index is 2.64. The molecule has 0 aromatic rings. The average Bonchev–Trinajstić information content (AvgIpc) is 2.00. The molecule has 78 valence electrons. The Hall–Kier alpha value is -0.130. The fraction of sp³-hybridized carbons (Fsp3) is 1.00. The van der Waals surface area contributed by atoms with Gasteiger partial charge in [0, 0.05) is 11.8 Å². The van der Waals surface area contributed by atoms with Crippen molar-refractivity contribution in [3.63, 3.8) is 0 Å². The maximum atomic E-state index is 10.7. The molecule has 1 aliphatic heterocycles. The first-order valence-electron chi connectivity index (χ1n) is 4.47. The third-order valence-electron chi connectivity index (χ3n) is 2.74. The van der Waals surface area contributed by atoms with Gasteiger partial charge in [-0.25, -0.2) is 0 Å².